The van der Waals surface area contributed by atoms with Crippen LogP contribution in [0.15, 0.2) is 12.2 Å². The fourth-order valence-corrected chi connectivity index (χ4v) is 1.85. The third-order valence-electron chi connectivity index (χ3n) is 2.99. The average Bonchev–Trinajstić information content (AvgIpc) is 2.69. The zero-order chi connectivity index (χ0) is 15.1. The number of nitrogens with one attached hydrogen (secondary N) is 1. The lowest BCUT2D eigenvalue weighted by molar-refractivity contribution is -0.137. The Bertz CT molecular complexity index is 430. The highest BCUT2D eigenvalue weighted by Crippen LogP contribution is 2.07. The molecule has 1 heterocycles. The van der Waals surface area contributed by atoms with Gasteiger partial charge in [0.2, 0.25) is 5.91 Å². The molecule has 1 N–H and O–H groups in total. The van der Waals surface area contributed by atoms with Crippen molar-refractivity contribution in [2.75, 3.05) is 6.54 Å². The Morgan fingerprint density at radius 1 is 1.20 bits per heavy atom. The Morgan fingerprint density at radius 2 is 1.80 bits per heavy atom. The molecule has 1 rings (SSSR count). The van der Waals surface area contributed by atoms with Gasteiger partial charge in [-0.15, -0.1) is 0 Å². The molecule has 0 bridgehead atoms. The van der Waals surface area contributed by atoms with Crippen molar-refractivity contribution in [1.29, 1.82) is 0 Å². The van der Waals surface area contributed by atoms with Gasteiger partial charge in [-0.25, -0.2) is 0 Å². The fraction of sp³-hybridized carbons (Fsp3) is 0.538. The molecule has 0 fully saturated rings. The largest absolute Gasteiger partial charge is 0.346 e. The number of amides is 3. The molecule has 0 saturated heterocycles. The lowest BCUT2D eigenvalue weighted by Gasteiger charge is -2.13. The maximum Gasteiger partial charge on any atom is 0.253 e. The minimum absolute atomic E-state index is 0.156. The lowest BCUT2D eigenvalue weighted by atomic mass is 10.1. The maximum atomic E-state index is 11.5. The highest BCUT2D eigenvalue weighted by Gasteiger charge is 2.22. The monoisotopic (exact) mass is 298 g/mol. The Kier molecular flexibility index (Phi) is 6.52. The summed E-state index contributed by atoms with van der Waals surface area (Å²) in [5.41, 5.74) is -0.156. The van der Waals surface area contributed by atoms with Crippen LogP contribution in [-0.2, 0) is 19.2 Å². The minimum Gasteiger partial charge on any atom is -0.346 e. The van der Waals surface area contributed by atoms with Crippen LogP contribution < -0.4 is 5.32 Å². The van der Waals surface area contributed by atoms with Gasteiger partial charge in [-0.2, -0.15) is 0 Å². The molecule has 0 saturated carbocycles. The summed E-state index contributed by atoms with van der Waals surface area (Å²) in [6.07, 6.45) is 4.93. The van der Waals surface area contributed by atoms with Crippen molar-refractivity contribution in [3.05, 3.63) is 12.2 Å². The molecule has 0 aromatic carbocycles. The van der Waals surface area contributed by atoms with E-state index in [1.54, 1.807) is 6.92 Å². The quantitative estimate of drug-likeness (QED) is 0.399. The molecule has 2 atom stereocenters. The van der Waals surface area contributed by atoms with Crippen molar-refractivity contribution in [2.45, 2.75) is 38.6 Å². The highest BCUT2D eigenvalue weighted by molar-refractivity contribution is 7.40. The number of unbranched alkanes of at least 4 members (excludes halogenated alkanes) is 2. The van der Waals surface area contributed by atoms with E-state index in [0.717, 1.165) is 6.42 Å². The molecule has 0 aromatic rings. The number of hydrogen-bond donors (Lipinski definition) is 1. The van der Waals surface area contributed by atoms with Crippen LogP contribution in [0.5, 0.6) is 0 Å². The van der Waals surface area contributed by atoms with Gasteiger partial charge in [0.25, 0.3) is 11.8 Å². The summed E-state index contributed by atoms with van der Waals surface area (Å²) in [7, 11) is 2.03. The number of carbonyl (C=O) groups is 4. The first-order valence-corrected chi connectivity index (χ1v) is 7.11. The summed E-state index contributed by atoms with van der Waals surface area (Å²) >= 11 is 0. The van der Waals surface area contributed by atoms with Crippen LogP contribution in [0.3, 0.4) is 0 Å². The second-order valence-corrected chi connectivity index (χ2v) is 5.23. The third-order valence-corrected chi connectivity index (χ3v) is 3.49. The van der Waals surface area contributed by atoms with E-state index in [2.05, 4.69) is 5.32 Å². The number of carbonyl (C=O) groups excluding carboxylic acids is 4. The molecule has 0 spiro atoms. The van der Waals surface area contributed by atoms with E-state index in [0.29, 0.717) is 25.8 Å². The maximum absolute atomic E-state index is 11.5. The van der Waals surface area contributed by atoms with Crippen LogP contribution in [0.2, 0.25) is 0 Å². The predicted molar refractivity (Wildman–Crippen MR) is 76.6 cm³/mol. The first kappa shape index (κ1) is 16.5. The summed E-state index contributed by atoms with van der Waals surface area (Å²) in [5, 5.41) is 2.59. The molecule has 7 heteroatoms. The van der Waals surface area contributed by atoms with Gasteiger partial charge < -0.3 is 5.32 Å². The van der Waals surface area contributed by atoms with Crippen LogP contribution in [0.1, 0.15) is 32.6 Å². The molecular weight excluding hydrogens is 279 g/mol. The van der Waals surface area contributed by atoms with Gasteiger partial charge in [-0.3, -0.25) is 24.1 Å². The summed E-state index contributed by atoms with van der Waals surface area (Å²) < 4.78 is 0. The van der Waals surface area contributed by atoms with Crippen molar-refractivity contribution >= 4 is 32.5 Å². The van der Waals surface area contributed by atoms with Gasteiger partial charge in [-0.05, 0) is 19.8 Å². The van der Waals surface area contributed by atoms with Crippen molar-refractivity contribution < 1.29 is 19.2 Å². The first-order valence-electron chi connectivity index (χ1n) is 6.54. The van der Waals surface area contributed by atoms with E-state index >= 15 is 0 Å². The molecule has 0 aromatic heterocycles. The van der Waals surface area contributed by atoms with E-state index in [9.17, 15) is 19.2 Å². The number of rotatable bonds is 8. The van der Waals surface area contributed by atoms with Crippen molar-refractivity contribution in [3.8, 4) is 0 Å². The Morgan fingerprint density at radius 3 is 2.35 bits per heavy atom. The van der Waals surface area contributed by atoms with Gasteiger partial charge in [0.15, 0.2) is 5.52 Å². The molecule has 2 unspecified atom stereocenters. The van der Waals surface area contributed by atoms with Gasteiger partial charge in [0.1, 0.15) is 0 Å². The second kappa shape index (κ2) is 7.90. The number of hydrogen-bond acceptors (Lipinski definition) is 4. The summed E-state index contributed by atoms with van der Waals surface area (Å²) in [4.78, 5) is 46.1. The Hall–Kier alpha value is -1.55. The molecule has 0 aliphatic carbocycles. The van der Waals surface area contributed by atoms with Gasteiger partial charge >= 0.3 is 0 Å². The normalized spacial score (nSPS) is 15.6. The Labute approximate surface area is 120 Å². The second-order valence-electron chi connectivity index (χ2n) is 4.66. The van der Waals surface area contributed by atoms with E-state index in [-0.39, 0.29) is 23.2 Å². The van der Waals surface area contributed by atoms with Crippen LogP contribution >= 0.6 is 9.24 Å². The smallest absolute Gasteiger partial charge is 0.253 e. The zero-order valence-electron chi connectivity index (χ0n) is 11.4. The predicted octanol–water partition coefficient (Wildman–Crippen LogP) is 0.378. The van der Waals surface area contributed by atoms with Crippen LogP contribution in [0, 0.1) is 0 Å². The molecular formula is C13H19N2O4P. The molecule has 3 amide bonds. The van der Waals surface area contributed by atoms with Gasteiger partial charge in [-0.1, -0.05) is 15.7 Å². The summed E-state index contributed by atoms with van der Waals surface area (Å²) in [6, 6.07) is -0.488. The molecule has 1 aliphatic heterocycles. The van der Waals surface area contributed by atoms with Gasteiger partial charge in [0, 0.05) is 25.1 Å². The van der Waals surface area contributed by atoms with Crippen LogP contribution in [-0.4, -0.2) is 40.7 Å². The van der Waals surface area contributed by atoms with Gasteiger partial charge in [0.05, 0.1) is 6.04 Å². The molecule has 0 radical (unpaired) electrons. The Balaban J connectivity index is 2.10. The van der Waals surface area contributed by atoms with E-state index < -0.39 is 6.04 Å². The van der Waals surface area contributed by atoms with Crippen molar-refractivity contribution in [1.82, 2.24) is 10.2 Å². The van der Waals surface area contributed by atoms with Crippen molar-refractivity contribution in [2.24, 2.45) is 0 Å². The SMILES string of the molecule is CC(NC(=O)CCCCCN1C(=O)C=CC1=O)C(=O)P. The fourth-order valence-electron chi connectivity index (χ4n) is 1.77. The zero-order valence-corrected chi connectivity index (χ0v) is 12.6. The topological polar surface area (TPSA) is 83.6 Å². The van der Waals surface area contributed by atoms with Crippen LogP contribution in [0.4, 0.5) is 0 Å². The highest BCUT2D eigenvalue weighted by atomic mass is 31.0. The molecule has 6 nitrogen and oxygen atoms in total. The van der Waals surface area contributed by atoms with E-state index in [4.69, 9.17) is 0 Å². The third kappa shape index (κ3) is 5.21. The van der Waals surface area contributed by atoms with E-state index in [1.807, 2.05) is 9.24 Å². The molecule has 1 aliphatic rings. The summed E-state index contributed by atoms with van der Waals surface area (Å²) in [5.74, 6) is -0.718. The first-order chi connectivity index (χ1) is 9.41. The summed E-state index contributed by atoms with van der Waals surface area (Å²) in [6.45, 7) is 2.01. The lowest BCUT2D eigenvalue weighted by Crippen LogP contribution is -2.36. The minimum atomic E-state index is -0.488. The molecule has 20 heavy (non-hydrogen) atoms. The average molecular weight is 298 g/mol. The van der Waals surface area contributed by atoms with Crippen LogP contribution in [0.25, 0.3) is 0 Å². The van der Waals surface area contributed by atoms with E-state index in [1.165, 1.54) is 17.1 Å². The molecule has 110 valence electrons. The number of imide groups is 1. The standard InChI is InChI=1S/C13H19N2O4P/c1-9(13(19)20)14-10(16)5-3-2-4-8-15-11(17)6-7-12(15)18/h6-7,9H,2-5,8,20H2,1H3,(H,14,16). The van der Waals surface area contributed by atoms with Crippen molar-refractivity contribution in [3.63, 3.8) is 0 Å². The number of nitrogens with zero attached hydrogens (tertiary/aromatic N) is 1.